The summed E-state index contributed by atoms with van der Waals surface area (Å²) in [5, 5.41) is 28.3. The molecular weight excluding hydrogens is 428 g/mol. The number of nitrogens with zero attached hydrogens (tertiary/aromatic N) is 6. The summed E-state index contributed by atoms with van der Waals surface area (Å²) < 4.78 is 5.40. The van der Waals surface area contributed by atoms with E-state index in [9.17, 15) is 15.2 Å². The first-order chi connectivity index (χ1) is 16.0. The lowest BCUT2D eigenvalue weighted by Gasteiger charge is -2.27. The van der Waals surface area contributed by atoms with Gasteiger partial charge >= 0.3 is 5.69 Å². The highest BCUT2D eigenvalue weighted by Gasteiger charge is 2.17. The summed E-state index contributed by atoms with van der Waals surface area (Å²) in [4.78, 5) is 25.6. The van der Waals surface area contributed by atoms with E-state index in [1.165, 1.54) is 24.4 Å². The molecule has 0 bridgehead atoms. The molecule has 0 aliphatic carbocycles. The van der Waals surface area contributed by atoms with Crippen molar-refractivity contribution in [1.29, 1.82) is 0 Å². The Bertz CT molecular complexity index is 1160. The molecule has 0 spiro atoms. The Morgan fingerprint density at radius 1 is 1.12 bits per heavy atom. The Labute approximate surface area is 189 Å². The van der Waals surface area contributed by atoms with Crippen LogP contribution in [-0.2, 0) is 4.74 Å². The fourth-order valence-corrected chi connectivity index (χ4v) is 3.10. The molecule has 12 nitrogen and oxygen atoms in total. The van der Waals surface area contributed by atoms with Crippen molar-refractivity contribution in [2.45, 2.75) is 6.92 Å². The minimum absolute atomic E-state index is 0.169. The number of anilines is 4. The quantitative estimate of drug-likeness (QED) is 0.278. The number of phenolic OH excluding ortho intramolecular Hbond substituents is 1. The van der Waals surface area contributed by atoms with E-state index in [1.807, 2.05) is 36.1 Å². The van der Waals surface area contributed by atoms with Gasteiger partial charge in [0.05, 0.1) is 24.4 Å². The number of rotatable bonds is 7. The minimum atomic E-state index is -0.663. The van der Waals surface area contributed by atoms with E-state index in [4.69, 9.17) is 4.74 Å². The number of benzene rings is 2. The first kappa shape index (κ1) is 21.9. The van der Waals surface area contributed by atoms with Gasteiger partial charge in [0.25, 0.3) is 0 Å². The van der Waals surface area contributed by atoms with Gasteiger partial charge in [-0.25, -0.2) is 5.43 Å². The number of para-hydroxylation sites is 1. The summed E-state index contributed by atoms with van der Waals surface area (Å²) in [6.07, 6.45) is 1.26. The molecule has 0 saturated carbocycles. The highest BCUT2D eigenvalue weighted by molar-refractivity contribution is 5.85. The average Bonchev–Trinajstić information content (AvgIpc) is 2.82. The molecule has 1 aliphatic heterocycles. The number of hydrazone groups is 1. The third-order valence-electron chi connectivity index (χ3n) is 4.84. The molecule has 0 radical (unpaired) electrons. The van der Waals surface area contributed by atoms with E-state index in [-0.39, 0.29) is 11.5 Å². The second-order valence-electron chi connectivity index (χ2n) is 7.22. The van der Waals surface area contributed by atoms with Crippen LogP contribution in [0.25, 0.3) is 0 Å². The number of nitro groups is 1. The second kappa shape index (κ2) is 9.87. The van der Waals surface area contributed by atoms with E-state index in [1.54, 1.807) is 0 Å². The highest BCUT2D eigenvalue weighted by atomic mass is 16.6. The van der Waals surface area contributed by atoms with Gasteiger partial charge < -0.3 is 20.1 Å². The predicted molar refractivity (Wildman–Crippen MR) is 123 cm³/mol. The van der Waals surface area contributed by atoms with Gasteiger partial charge in [0.15, 0.2) is 0 Å². The molecule has 3 aromatic rings. The number of nitrogens with one attached hydrogen (secondary N) is 2. The third-order valence-corrected chi connectivity index (χ3v) is 4.84. The van der Waals surface area contributed by atoms with Crippen LogP contribution in [0.15, 0.2) is 47.6 Å². The number of aromatic nitrogens is 3. The fourth-order valence-electron chi connectivity index (χ4n) is 3.10. The van der Waals surface area contributed by atoms with E-state index in [0.717, 1.165) is 11.3 Å². The number of aryl methyl sites for hydroxylation is 1. The number of aromatic hydroxyl groups is 1. The summed E-state index contributed by atoms with van der Waals surface area (Å²) in [7, 11) is 0. The molecule has 2 heterocycles. The van der Waals surface area contributed by atoms with Crippen molar-refractivity contribution in [2.75, 3.05) is 41.9 Å². The van der Waals surface area contributed by atoms with Crippen LogP contribution in [0.1, 0.15) is 11.1 Å². The van der Waals surface area contributed by atoms with Gasteiger partial charge in [-0.05, 0) is 25.1 Å². The van der Waals surface area contributed by atoms with Crippen molar-refractivity contribution in [3.63, 3.8) is 0 Å². The molecule has 33 heavy (non-hydrogen) atoms. The van der Waals surface area contributed by atoms with Crippen molar-refractivity contribution < 1.29 is 14.8 Å². The Morgan fingerprint density at radius 2 is 1.85 bits per heavy atom. The van der Waals surface area contributed by atoms with Gasteiger partial charge in [-0.15, -0.1) is 0 Å². The summed E-state index contributed by atoms with van der Waals surface area (Å²) >= 11 is 0. The van der Waals surface area contributed by atoms with Gasteiger partial charge in [-0.1, -0.05) is 23.8 Å². The van der Waals surface area contributed by atoms with Crippen LogP contribution >= 0.6 is 0 Å². The van der Waals surface area contributed by atoms with E-state index >= 15 is 0 Å². The lowest BCUT2D eigenvalue weighted by Crippen LogP contribution is -2.37. The standard InChI is InChI=1S/C21H22N8O4/c1-14-5-7-16(8-6-14)23-19-24-20(26-21(25-19)28-9-11-33-12-10-28)27-22-13-15-3-2-4-17(18(15)30)29(31)32/h2-8,13,30H,9-12H2,1H3,(H2,23,24,25,26,27). The van der Waals surface area contributed by atoms with Crippen LogP contribution in [-0.4, -0.2) is 57.5 Å². The summed E-state index contributed by atoms with van der Waals surface area (Å²) in [6.45, 7) is 4.41. The maximum atomic E-state index is 11.0. The van der Waals surface area contributed by atoms with E-state index in [2.05, 4.69) is 30.8 Å². The van der Waals surface area contributed by atoms with Crippen LogP contribution in [0, 0.1) is 17.0 Å². The van der Waals surface area contributed by atoms with Crippen molar-refractivity contribution in [3.8, 4) is 5.75 Å². The molecule has 1 aliphatic rings. The molecule has 0 unspecified atom stereocenters. The normalized spacial score (nSPS) is 13.8. The van der Waals surface area contributed by atoms with Crippen molar-refractivity contribution >= 4 is 35.4 Å². The number of ether oxygens (including phenoxy) is 1. The van der Waals surface area contributed by atoms with Crippen molar-refractivity contribution in [3.05, 3.63) is 63.7 Å². The Morgan fingerprint density at radius 3 is 2.58 bits per heavy atom. The topological polar surface area (TPSA) is 151 Å². The third kappa shape index (κ3) is 5.49. The molecule has 1 fully saturated rings. The van der Waals surface area contributed by atoms with E-state index in [0.29, 0.717) is 38.2 Å². The summed E-state index contributed by atoms with van der Waals surface area (Å²) in [5.74, 6) is 0.478. The smallest absolute Gasteiger partial charge is 0.311 e. The largest absolute Gasteiger partial charge is 0.502 e. The number of hydrogen-bond donors (Lipinski definition) is 3. The minimum Gasteiger partial charge on any atom is -0.502 e. The molecule has 4 rings (SSSR count). The molecule has 0 atom stereocenters. The van der Waals surface area contributed by atoms with Crippen LogP contribution in [0.4, 0.5) is 29.2 Å². The summed E-state index contributed by atoms with van der Waals surface area (Å²) in [5.41, 5.74) is 4.43. The van der Waals surface area contributed by atoms with Gasteiger partial charge in [0.1, 0.15) is 0 Å². The van der Waals surface area contributed by atoms with Crippen molar-refractivity contribution in [1.82, 2.24) is 15.0 Å². The molecule has 0 amide bonds. The first-order valence-electron chi connectivity index (χ1n) is 10.2. The zero-order chi connectivity index (χ0) is 23.2. The molecule has 3 N–H and O–H groups in total. The second-order valence-corrected chi connectivity index (χ2v) is 7.22. The number of phenols is 1. The molecule has 12 heteroatoms. The zero-order valence-electron chi connectivity index (χ0n) is 17.8. The predicted octanol–water partition coefficient (Wildman–Crippen LogP) is 2.82. The van der Waals surface area contributed by atoms with Crippen LogP contribution in [0.2, 0.25) is 0 Å². The van der Waals surface area contributed by atoms with Gasteiger partial charge in [-0.3, -0.25) is 10.1 Å². The van der Waals surface area contributed by atoms with Crippen LogP contribution < -0.4 is 15.6 Å². The van der Waals surface area contributed by atoms with Crippen LogP contribution in [0.3, 0.4) is 0 Å². The Balaban J connectivity index is 1.58. The number of nitro benzene ring substituents is 1. The molecule has 1 aromatic heterocycles. The average molecular weight is 450 g/mol. The lowest BCUT2D eigenvalue weighted by atomic mass is 10.2. The molecular formula is C21H22N8O4. The molecule has 170 valence electrons. The molecule has 1 saturated heterocycles. The van der Waals surface area contributed by atoms with Crippen molar-refractivity contribution in [2.24, 2.45) is 5.10 Å². The van der Waals surface area contributed by atoms with Crippen LogP contribution in [0.5, 0.6) is 5.75 Å². The van der Waals surface area contributed by atoms with E-state index < -0.39 is 16.4 Å². The monoisotopic (exact) mass is 450 g/mol. The Kier molecular flexibility index (Phi) is 6.55. The van der Waals surface area contributed by atoms with Gasteiger partial charge in [0, 0.05) is 30.4 Å². The van der Waals surface area contributed by atoms with Gasteiger partial charge in [0.2, 0.25) is 23.6 Å². The number of morpholine rings is 1. The zero-order valence-corrected chi connectivity index (χ0v) is 17.8. The Hall–Kier alpha value is -4.32. The lowest BCUT2D eigenvalue weighted by molar-refractivity contribution is -0.385. The highest BCUT2D eigenvalue weighted by Crippen LogP contribution is 2.28. The number of hydrogen-bond acceptors (Lipinski definition) is 11. The van der Waals surface area contributed by atoms with Gasteiger partial charge in [-0.2, -0.15) is 20.1 Å². The first-order valence-corrected chi connectivity index (χ1v) is 10.2. The maximum Gasteiger partial charge on any atom is 0.311 e. The summed E-state index contributed by atoms with van der Waals surface area (Å²) in [6, 6.07) is 12.0. The fraction of sp³-hybridized carbons (Fsp3) is 0.238. The maximum absolute atomic E-state index is 11.0. The SMILES string of the molecule is Cc1ccc(Nc2nc(NN=Cc3cccc([N+](=O)[O-])c3O)nc(N3CCOCC3)n2)cc1. The molecule has 2 aromatic carbocycles.